The molecule has 0 saturated carbocycles. The molecule has 1 aromatic heterocycles. The van der Waals surface area contributed by atoms with E-state index >= 15 is 0 Å². The summed E-state index contributed by atoms with van der Waals surface area (Å²) in [7, 11) is 0. The standard InChI is InChI=1S/C21H18F2N4O2/c22-15-6-2-1-5-13(15)11-19-24-17-9-10-27(12-14(17)20(28)26-19)21(29)25-18-8-4-3-7-16(18)23/h1-8H,9-12H2,(H,25,29)(H,24,26,28). The zero-order chi connectivity index (χ0) is 20.4. The lowest BCUT2D eigenvalue weighted by atomic mass is 10.1. The van der Waals surface area contributed by atoms with Gasteiger partial charge in [0.1, 0.15) is 17.5 Å². The minimum atomic E-state index is -0.532. The van der Waals surface area contributed by atoms with Crippen molar-refractivity contribution in [1.29, 1.82) is 0 Å². The van der Waals surface area contributed by atoms with Gasteiger partial charge in [-0.05, 0) is 23.8 Å². The molecule has 4 rings (SSSR count). The lowest BCUT2D eigenvalue weighted by Crippen LogP contribution is -2.42. The minimum absolute atomic E-state index is 0.0674. The van der Waals surface area contributed by atoms with Crippen molar-refractivity contribution < 1.29 is 13.6 Å². The molecule has 1 aliphatic rings. The molecule has 0 aliphatic carbocycles. The van der Waals surface area contributed by atoms with Crippen LogP contribution in [0.25, 0.3) is 0 Å². The summed E-state index contributed by atoms with van der Waals surface area (Å²) >= 11 is 0. The molecular weight excluding hydrogens is 378 g/mol. The van der Waals surface area contributed by atoms with Crippen LogP contribution in [0.2, 0.25) is 0 Å². The molecule has 148 valence electrons. The molecule has 0 unspecified atom stereocenters. The highest BCUT2D eigenvalue weighted by Crippen LogP contribution is 2.18. The number of aromatic amines is 1. The van der Waals surface area contributed by atoms with Gasteiger partial charge < -0.3 is 15.2 Å². The van der Waals surface area contributed by atoms with E-state index in [9.17, 15) is 18.4 Å². The Kier molecular flexibility index (Phi) is 5.07. The average molecular weight is 396 g/mol. The van der Waals surface area contributed by atoms with Gasteiger partial charge in [-0.25, -0.2) is 18.6 Å². The fourth-order valence-electron chi connectivity index (χ4n) is 3.31. The Morgan fingerprint density at radius 2 is 1.83 bits per heavy atom. The number of H-pyrrole nitrogens is 1. The SMILES string of the molecule is O=C(Nc1ccccc1F)N1CCc2nc(Cc3ccccc3F)[nH]c(=O)c2C1. The van der Waals surface area contributed by atoms with Crippen LogP contribution in [0.15, 0.2) is 53.3 Å². The van der Waals surface area contributed by atoms with Gasteiger partial charge >= 0.3 is 6.03 Å². The number of nitrogens with one attached hydrogen (secondary N) is 2. The summed E-state index contributed by atoms with van der Waals surface area (Å²) in [6.45, 7) is 0.404. The summed E-state index contributed by atoms with van der Waals surface area (Å²) in [5.41, 5.74) is 1.14. The first kappa shape index (κ1) is 18.8. The lowest BCUT2D eigenvalue weighted by Gasteiger charge is -2.28. The molecule has 0 bridgehead atoms. The van der Waals surface area contributed by atoms with E-state index in [1.54, 1.807) is 24.3 Å². The molecule has 29 heavy (non-hydrogen) atoms. The Balaban J connectivity index is 1.51. The Morgan fingerprint density at radius 1 is 1.10 bits per heavy atom. The number of hydrogen-bond acceptors (Lipinski definition) is 3. The van der Waals surface area contributed by atoms with E-state index in [1.807, 2.05) is 0 Å². The first-order valence-corrected chi connectivity index (χ1v) is 9.16. The molecule has 0 saturated heterocycles. The largest absolute Gasteiger partial charge is 0.322 e. The maximum absolute atomic E-state index is 13.9. The van der Waals surface area contributed by atoms with Crippen molar-refractivity contribution in [2.45, 2.75) is 19.4 Å². The van der Waals surface area contributed by atoms with Gasteiger partial charge in [0.2, 0.25) is 0 Å². The van der Waals surface area contributed by atoms with Gasteiger partial charge in [0.15, 0.2) is 0 Å². The van der Waals surface area contributed by atoms with Gasteiger partial charge in [-0.3, -0.25) is 4.79 Å². The molecule has 8 heteroatoms. The molecule has 2 aromatic carbocycles. The van der Waals surface area contributed by atoms with Gasteiger partial charge in [-0.15, -0.1) is 0 Å². The number of amides is 2. The number of carbonyl (C=O) groups is 1. The van der Waals surface area contributed by atoms with Crippen LogP contribution < -0.4 is 10.9 Å². The van der Waals surface area contributed by atoms with Crippen LogP contribution in [0.4, 0.5) is 19.3 Å². The highest BCUT2D eigenvalue weighted by Gasteiger charge is 2.25. The fraction of sp³-hybridized carbons (Fsp3) is 0.190. The summed E-state index contributed by atoms with van der Waals surface area (Å²) in [6, 6.07) is 11.7. The molecule has 2 heterocycles. The average Bonchev–Trinajstić information content (AvgIpc) is 2.71. The van der Waals surface area contributed by atoms with Crippen LogP contribution in [0.3, 0.4) is 0 Å². The van der Waals surface area contributed by atoms with E-state index < -0.39 is 11.8 Å². The number of carbonyl (C=O) groups excluding carboxylic acids is 1. The number of para-hydroxylation sites is 1. The number of halogens is 2. The molecule has 0 radical (unpaired) electrons. The van der Waals surface area contributed by atoms with Crippen molar-refractivity contribution in [3.05, 3.63) is 93.2 Å². The molecule has 0 fully saturated rings. The third-order valence-corrected chi connectivity index (χ3v) is 4.84. The summed E-state index contributed by atoms with van der Waals surface area (Å²) < 4.78 is 27.6. The van der Waals surface area contributed by atoms with Crippen LogP contribution in [0, 0.1) is 11.6 Å². The second-order valence-electron chi connectivity index (χ2n) is 6.79. The number of urea groups is 1. The number of benzene rings is 2. The monoisotopic (exact) mass is 396 g/mol. The zero-order valence-electron chi connectivity index (χ0n) is 15.4. The summed E-state index contributed by atoms with van der Waals surface area (Å²) in [6.07, 6.45) is 0.556. The second kappa shape index (κ2) is 7.83. The zero-order valence-corrected chi connectivity index (χ0v) is 15.4. The van der Waals surface area contributed by atoms with Crippen LogP contribution in [0.1, 0.15) is 22.6 Å². The van der Waals surface area contributed by atoms with Gasteiger partial charge in [-0.2, -0.15) is 0 Å². The normalized spacial score (nSPS) is 13.1. The summed E-state index contributed by atoms with van der Waals surface area (Å²) in [4.78, 5) is 33.6. The van der Waals surface area contributed by atoms with Crippen molar-refractivity contribution >= 4 is 11.7 Å². The topological polar surface area (TPSA) is 78.1 Å². The van der Waals surface area contributed by atoms with Crippen LogP contribution >= 0.6 is 0 Å². The van der Waals surface area contributed by atoms with E-state index in [-0.39, 0.29) is 30.0 Å². The predicted molar refractivity (Wildman–Crippen MR) is 104 cm³/mol. The quantitative estimate of drug-likeness (QED) is 0.714. The van der Waals surface area contributed by atoms with Crippen molar-refractivity contribution in [3.8, 4) is 0 Å². The highest BCUT2D eigenvalue weighted by molar-refractivity contribution is 5.89. The van der Waals surface area contributed by atoms with Gasteiger partial charge in [-0.1, -0.05) is 30.3 Å². The fourth-order valence-corrected chi connectivity index (χ4v) is 3.31. The number of hydrogen-bond donors (Lipinski definition) is 2. The Hall–Kier alpha value is -3.55. The number of aromatic nitrogens is 2. The van der Waals surface area contributed by atoms with Crippen LogP contribution in [-0.2, 0) is 19.4 Å². The minimum Gasteiger partial charge on any atom is -0.320 e. The molecule has 0 spiro atoms. The van der Waals surface area contributed by atoms with E-state index in [1.165, 1.54) is 29.2 Å². The molecule has 2 amide bonds. The number of anilines is 1. The highest BCUT2D eigenvalue weighted by atomic mass is 19.1. The Morgan fingerprint density at radius 3 is 2.59 bits per heavy atom. The first-order chi connectivity index (χ1) is 14.0. The van der Waals surface area contributed by atoms with Crippen molar-refractivity contribution in [3.63, 3.8) is 0 Å². The predicted octanol–water partition coefficient (Wildman–Crippen LogP) is 3.23. The third-order valence-electron chi connectivity index (χ3n) is 4.84. The summed E-state index contributed by atoms with van der Waals surface area (Å²) in [5.74, 6) is -0.512. The summed E-state index contributed by atoms with van der Waals surface area (Å²) in [5, 5.41) is 2.52. The Labute approximate surface area is 165 Å². The van der Waals surface area contributed by atoms with Crippen molar-refractivity contribution in [1.82, 2.24) is 14.9 Å². The van der Waals surface area contributed by atoms with E-state index in [0.717, 1.165) is 0 Å². The van der Waals surface area contributed by atoms with Gasteiger partial charge in [0.25, 0.3) is 5.56 Å². The van der Waals surface area contributed by atoms with E-state index in [4.69, 9.17) is 0 Å². The third kappa shape index (κ3) is 4.01. The van der Waals surface area contributed by atoms with E-state index in [2.05, 4.69) is 15.3 Å². The number of nitrogens with zero attached hydrogens (tertiary/aromatic N) is 2. The molecule has 1 aliphatic heterocycles. The number of fused-ring (bicyclic) bond motifs is 1. The Bertz CT molecular complexity index is 1130. The van der Waals surface area contributed by atoms with Crippen LogP contribution in [-0.4, -0.2) is 27.4 Å². The van der Waals surface area contributed by atoms with Gasteiger partial charge in [0, 0.05) is 19.4 Å². The van der Waals surface area contributed by atoms with E-state index in [0.29, 0.717) is 35.6 Å². The van der Waals surface area contributed by atoms with Gasteiger partial charge in [0.05, 0.1) is 23.5 Å². The molecule has 6 nitrogen and oxygen atoms in total. The smallest absolute Gasteiger partial charge is 0.320 e. The molecular formula is C21H18F2N4O2. The molecule has 3 aromatic rings. The van der Waals surface area contributed by atoms with Crippen LogP contribution in [0.5, 0.6) is 0 Å². The van der Waals surface area contributed by atoms with Crippen molar-refractivity contribution in [2.75, 3.05) is 11.9 Å². The first-order valence-electron chi connectivity index (χ1n) is 9.16. The second-order valence-corrected chi connectivity index (χ2v) is 6.79. The molecule has 2 N–H and O–H groups in total. The molecule has 0 atom stereocenters. The number of rotatable bonds is 3. The lowest BCUT2D eigenvalue weighted by molar-refractivity contribution is 0.205. The maximum Gasteiger partial charge on any atom is 0.322 e. The van der Waals surface area contributed by atoms with Crippen molar-refractivity contribution in [2.24, 2.45) is 0 Å². The maximum atomic E-state index is 13.9.